The van der Waals surface area contributed by atoms with Gasteiger partial charge in [-0.05, 0) is 31.6 Å². The number of nitrogens with two attached hydrogens (primary N) is 1. The lowest BCUT2D eigenvalue weighted by Crippen LogP contribution is -2.50. The fourth-order valence-corrected chi connectivity index (χ4v) is 3.02. The minimum Gasteiger partial charge on any atom is -0.367 e. The SMILES string of the molecule is CC1=CCC[C@H](C)[C@H]1CN1CCO[C@H](C(N)=O)C1. The summed E-state index contributed by atoms with van der Waals surface area (Å²) in [7, 11) is 0. The van der Waals surface area contributed by atoms with E-state index in [9.17, 15) is 4.79 Å². The van der Waals surface area contributed by atoms with Crippen molar-refractivity contribution in [3.63, 3.8) is 0 Å². The number of amides is 1. The van der Waals surface area contributed by atoms with Crippen molar-refractivity contribution < 1.29 is 9.53 Å². The molecule has 102 valence electrons. The van der Waals surface area contributed by atoms with Crippen LogP contribution in [0.25, 0.3) is 0 Å². The van der Waals surface area contributed by atoms with Gasteiger partial charge in [0.05, 0.1) is 6.61 Å². The van der Waals surface area contributed by atoms with Crippen LogP contribution in [0.2, 0.25) is 0 Å². The molecule has 0 bridgehead atoms. The maximum atomic E-state index is 11.2. The molecule has 1 fully saturated rings. The molecule has 1 amide bonds. The van der Waals surface area contributed by atoms with Gasteiger partial charge in [-0.1, -0.05) is 18.6 Å². The van der Waals surface area contributed by atoms with Gasteiger partial charge in [0.25, 0.3) is 0 Å². The Kier molecular flexibility index (Phi) is 4.40. The average molecular weight is 252 g/mol. The molecule has 2 rings (SSSR count). The predicted molar refractivity (Wildman–Crippen MR) is 71.0 cm³/mol. The minimum atomic E-state index is -0.429. The molecule has 2 N–H and O–H groups in total. The van der Waals surface area contributed by atoms with E-state index in [0.29, 0.717) is 19.1 Å². The monoisotopic (exact) mass is 252 g/mol. The van der Waals surface area contributed by atoms with E-state index < -0.39 is 6.10 Å². The van der Waals surface area contributed by atoms with Gasteiger partial charge in [0.1, 0.15) is 6.10 Å². The Hall–Kier alpha value is -0.870. The van der Waals surface area contributed by atoms with Gasteiger partial charge < -0.3 is 10.5 Å². The molecule has 4 heteroatoms. The van der Waals surface area contributed by atoms with E-state index in [2.05, 4.69) is 24.8 Å². The first-order valence-corrected chi connectivity index (χ1v) is 6.88. The topological polar surface area (TPSA) is 55.6 Å². The minimum absolute atomic E-state index is 0.344. The van der Waals surface area contributed by atoms with Gasteiger partial charge in [0.2, 0.25) is 5.91 Å². The first-order valence-electron chi connectivity index (χ1n) is 6.88. The van der Waals surface area contributed by atoms with Crippen LogP contribution in [-0.2, 0) is 9.53 Å². The molecule has 0 unspecified atom stereocenters. The zero-order chi connectivity index (χ0) is 13.1. The summed E-state index contributed by atoms with van der Waals surface area (Å²) in [5.74, 6) is 0.999. The fourth-order valence-electron chi connectivity index (χ4n) is 3.02. The number of primary amides is 1. The highest BCUT2D eigenvalue weighted by Gasteiger charge is 2.29. The van der Waals surface area contributed by atoms with Gasteiger partial charge in [0.15, 0.2) is 0 Å². The lowest BCUT2D eigenvalue weighted by molar-refractivity contribution is -0.135. The van der Waals surface area contributed by atoms with Crippen molar-refractivity contribution in [2.24, 2.45) is 17.6 Å². The van der Waals surface area contributed by atoms with Crippen LogP contribution < -0.4 is 5.73 Å². The van der Waals surface area contributed by atoms with Crippen LogP contribution in [0.4, 0.5) is 0 Å². The second-order valence-electron chi connectivity index (χ2n) is 5.63. The Bertz CT molecular complexity index is 341. The highest BCUT2D eigenvalue weighted by Crippen LogP contribution is 2.31. The van der Waals surface area contributed by atoms with Crippen molar-refractivity contribution in [3.05, 3.63) is 11.6 Å². The molecule has 0 saturated carbocycles. The van der Waals surface area contributed by atoms with E-state index in [1.54, 1.807) is 0 Å². The number of morpholine rings is 1. The summed E-state index contributed by atoms with van der Waals surface area (Å²) in [4.78, 5) is 13.5. The lowest BCUT2D eigenvalue weighted by atomic mass is 9.79. The second-order valence-corrected chi connectivity index (χ2v) is 5.63. The summed E-state index contributed by atoms with van der Waals surface area (Å²) in [6, 6.07) is 0. The lowest BCUT2D eigenvalue weighted by Gasteiger charge is -2.37. The van der Waals surface area contributed by atoms with Gasteiger partial charge in [0, 0.05) is 19.6 Å². The summed E-state index contributed by atoms with van der Waals surface area (Å²) >= 11 is 0. The number of carbonyl (C=O) groups is 1. The van der Waals surface area contributed by atoms with E-state index in [-0.39, 0.29) is 5.91 Å². The first kappa shape index (κ1) is 13.6. The van der Waals surface area contributed by atoms with E-state index in [1.165, 1.54) is 18.4 Å². The molecule has 1 heterocycles. The van der Waals surface area contributed by atoms with Crippen LogP contribution >= 0.6 is 0 Å². The third kappa shape index (κ3) is 3.12. The van der Waals surface area contributed by atoms with Crippen LogP contribution in [0.5, 0.6) is 0 Å². The van der Waals surface area contributed by atoms with E-state index >= 15 is 0 Å². The van der Waals surface area contributed by atoms with Crippen LogP contribution in [0.3, 0.4) is 0 Å². The van der Waals surface area contributed by atoms with Crippen molar-refractivity contribution in [3.8, 4) is 0 Å². The molecule has 0 spiro atoms. The fraction of sp³-hybridized carbons (Fsp3) is 0.786. The van der Waals surface area contributed by atoms with Crippen LogP contribution in [0.1, 0.15) is 26.7 Å². The standard InChI is InChI=1S/C14H24N2O2/c1-10-4-3-5-11(2)12(10)8-16-6-7-18-13(9-16)14(15)17/h4,11-13H,3,5-9H2,1-2H3,(H2,15,17)/t11-,12-,13-/m0/s1. The van der Waals surface area contributed by atoms with Crippen LogP contribution in [0.15, 0.2) is 11.6 Å². The van der Waals surface area contributed by atoms with Gasteiger partial charge in [-0.25, -0.2) is 0 Å². The van der Waals surface area contributed by atoms with Crippen molar-refractivity contribution in [1.29, 1.82) is 0 Å². The van der Waals surface area contributed by atoms with Gasteiger partial charge in [-0.3, -0.25) is 9.69 Å². The highest BCUT2D eigenvalue weighted by atomic mass is 16.5. The molecule has 0 aromatic carbocycles. The summed E-state index contributed by atoms with van der Waals surface area (Å²) in [6.45, 7) is 7.74. The normalized spacial score (nSPS) is 34.1. The molecule has 1 aliphatic heterocycles. The van der Waals surface area contributed by atoms with Gasteiger partial charge in [-0.15, -0.1) is 0 Å². The Labute approximate surface area is 109 Å². The molecule has 4 nitrogen and oxygen atoms in total. The molecule has 1 saturated heterocycles. The van der Waals surface area contributed by atoms with E-state index in [1.807, 2.05) is 0 Å². The van der Waals surface area contributed by atoms with Gasteiger partial charge >= 0.3 is 0 Å². The molecule has 0 aromatic rings. The Morgan fingerprint density at radius 3 is 3.06 bits per heavy atom. The maximum Gasteiger partial charge on any atom is 0.247 e. The largest absolute Gasteiger partial charge is 0.367 e. The first-order chi connectivity index (χ1) is 8.58. The Balaban J connectivity index is 1.94. The number of ether oxygens (including phenoxy) is 1. The predicted octanol–water partition coefficient (Wildman–Crippen LogP) is 1.16. The van der Waals surface area contributed by atoms with Crippen molar-refractivity contribution >= 4 is 5.91 Å². The van der Waals surface area contributed by atoms with Crippen LogP contribution in [0, 0.1) is 11.8 Å². The zero-order valence-corrected chi connectivity index (χ0v) is 11.4. The van der Waals surface area contributed by atoms with Crippen LogP contribution in [-0.4, -0.2) is 43.2 Å². The molecular formula is C14H24N2O2. The second kappa shape index (κ2) is 5.85. The highest BCUT2D eigenvalue weighted by molar-refractivity contribution is 5.79. The molecule has 18 heavy (non-hydrogen) atoms. The van der Waals surface area contributed by atoms with Crippen molar-refractivity contribution in [1.82, 2.24) is 4.90 Å². The Morgan fingerprint density at radius 2 is 2.39 bits per heavy atom. The molecular weight excluding hydrogens is 228 g/mol. The molecule has 1 aliphatic carbocycles. The molecule has 0 radical (unpaired) electrons. The molecule has 0 aromatic heterocycles. The van der Waals surface area contributed by atoms with E-state index in [4.69, 9.17) is 10.5 Å². The smallest absolute Gasteiger partial charge is 0.247 e. The number of rotatable bonds is 3. The van der Waals surface area contributed by atoms with Crippen molar-refractivity contribution in [2.45, 2.75) is 32.8 Å². The third-order valence-electron chi connectivity index (χ3n) is 4.28. The summed E-state index contributed by atoms with van der Waals surface area (Å²) in [5, 5.41) is 0. The van der Waals surface area contributed by atoms with E-state index in [0.717, 1.165) is 19.0 Å². The number of carbonyl (C=O) groups excluding carboxylic acids is 1. The zero-order valence-electron chi connectivity index (χ0n) is 11.4. The number of nitrogens with zero attached hydrogens (tertiary/aromatic N) is 1. The quantitative estimate of drug-likeness (QED) is 0.767. The summed E-state index contributed by atoms with van der Waals surface area (Å²) < 4.78 is 5.38. The Morgan fingerprint density at radius 1 is 1.61 bits per heavy atom. The summed E-state index contributed by atoms with van der Waals surface area (Å²) in [5.41, 5.74) is 6.81. The van der Waals surface area contributed by atoms with Crippen molar-refractivity contribution in [2.75, 3.05) is 26.2 Å². The number of allylic oxidation sites excluding steroid dienone is 1. The van der Waals surface area contributed by atoms with Gasteiger partial charge in [-0.2, -0.15) is 0 Å². The average Bonchev–Trinajstić information content (AvgIpc) is 2.34. The summed E-state index contributed by atoms with van der Waals surface area (Å²) in [6.07, 6.45) is 4.40. The third-order valence-corrected chi connectivity index (χ3v) is 4.28. The number of hydrogen-bond donors (Lipinski definition) is 1. The number of hydrogen-bond acceptors (Lipinski definition) is 3. The maximum absolute atomic E-state index is 11.2. The molecule has 2 aliphatic rings. The molecule has 3 atom stereocenters.